The maximum absolute atomic E-state index is 5.34. The molecular weight excluding hydrogens is 312 g/mol. The fraction of sp³-hybridized carbons (Fsp3) is 0.550. The molecule has 1 fully saturated rings. The summed E-state index contributed by atoms with van der Waals surface area (Å²) in [5, 5.41) is 8.17. The molecule has 0 saturated carbocycles. The second-order valence-corrected chi connectivity index (χ2v) is 6.88. The lowest BCUT2D eigenvalue weighted by Crippen LogP contribution is -2.45. The zero-order valence-corrected chi connectivity index (χ0v) is 15.7. The number of nitrogens with one attached hydrogen (secondary N) is 1. The predicted octanol–water partition coefficient (Wildman–Crippen LogP) is 2.97. The monoisotopic (exact) mass is 342 g/mol. The maximum atomic E-state index is 5.34. The molecule has 1 saturated heterocycles. The van der Waals surface area contributed by atoms with Gasteiger partial charge in [0.05, 0.1) is 13.3 Å². The summed E-state index contributed by atoms with van der Waals surface area (Å²) in [5.41, 5.74) is 3.91. The van der Waals surface area contributed by atoms with Gasteiger partial charge in [0.1, 0.15) is 5.75 Å². The molecule has 2 aromatic rings. The number of ether oxygens (including phenoxy) is 1. The van der Waals surface area contributed by atoms with Crippen molar-refractivity contribution in [2.24, 2.45) is 0 Å². The molecular formula is C20H30N4O. The van der Waals surface area contributed by atoms with Crippen molar-refractivity contribution in [3.05, 3.63) is 47.3 Å². The van der Waals surface area contributed by atoms with Crippen LogP contribution >= 0.6 is 0 Å². The van der Waals surface area contributed by atoms with Crippen molar-refractivity contribution in [1.29, 1.82) is 0 Å². The molecule has 0 spiro atoms. The van der Waals surface area contributed by atoms with Gasteiger partial charge in [0.25, 0.3) is 0 Å². The Morgan fingerprint density at radius 2 is 2.24 bits per heavy atom. The molecule has 136 valence electrons. The van der Waals surface area contributed by atoms with Crippen molar-refractivity contribution >= 4 is 0 Å². The zero-order valence-electron chi connectivity index (χ0n) is 15.7. The first kappa shape index (κ1) is 18.0. The van der Waals surface area contributed by atoms with Gasteiger partial charge in [-0.2, -0.15) is 5.10 Å². The fourth-order valence-electron chi connectivity index (χ4n) is 3.63. The molecule has 5 heteroatoms. The van der Waals surface area contributed by atoms with Gasteiger partial charge in [-0.25, -0.2) is 0 Å². The zero-order chi connectivity index (χ0) is 17.6. The lowest BCUT2D eigenvalue weighted by molar-refractivity contribution is 0.182. The first-order chi connectivity index (χ1) is 12.2. The highest BCUT2D eigenvalue weighted by Crippen LogP contribution is 2.18. The Balaban J connectivity index is 1.53. The minimum atomic E-state index is 0.545. The SMILES string of the molecule is CCn1ncc(CN[C@@H]2CCCN(Cc3cccc(OC)c3)C2)c1C. The minimum Gasteiger partial charge on any atom is -0.497 e. The van der Waals surface area contributed by atoms with Crippen LogP contribution in [0.4, 0.5) is 0 Å². The third kappa shape index (κ3) is 4.61. The van der Waals surface area contributed by atoms with Crippen LogP contribution in [0, 0.1) is 6.92 Å². The highest BCUT2D eigenvalue weighted by atomic mass is 16.5. The Hall–Kier alpha value is -1.85. The number of hydrogen-bond donors (Lipinski definition) is 1. The fourth-order valence-corrected chi connectivity index (χ4v) is 3.63. The molecule has 3 rings (SSSR count). The summed E-state index contributed by atoms with van der Waals surface area (Å²) in [6, 6.07) is 8.94. The third-order valence-electron chi connectivity index (χ3n) is 5.13. The van der Waals surface area contributed by atoms with E-state index in [4.69, 9.17) is 4.74 Å². The number of aromatic nitrogens is 2. The van der Waals surface area contributed by atoms with Crippen LogP contribution in [0.2, 0.25) is 0 Å². The summed E-state index contributed by atoms with van der Waals surface area (Å²) in [6.45, 7) is 9.38. The number of methoxy groups -OCH3 is 1. The summed E-state index contributed by atoms with van der Waals surface area (Å²) >= 11 is 0. The number of piperidine rings is 1. The second kappa shape index (κ2) is 8.50. The van der Waals surface area contributed by atoms with Crippen molar-refractivity contribution in [1.82, 2.24) is 20.0 Å². The van der Waals surface area contributed by atoms with E-state index < -0.39 is 0 Å². The Bertz CT molecular complexity index is 682. The van der Waals surface area contributed by atoms with Gasteiger partial charge in [-0.1, -0.05) is 12.1 Å². The van der Waals surface area contributed by atoms with Crippen LogP contribution < -0.4 is 10.1 Å². The number of rotatable bonds is 7. The number of benzene rings is 1. The molecule has 1 aromatic heterocycles. The molecule has 2 heterocycles. The molecule has 1 N–H and O–H groups in total. The van der Waals surface area contributed by atoms with Crippen LogP contribution in [0.3, 0.4) is 0 Å². The van der Waals surface area contributed by atoms with Gasteiger partial charge < -0.3 is 10.1 Å². The molecule has 1 aliphatic rings. The second-order valence-electron chi connectivity index (χ2n) is 6.88. The van der Waals surface area contributed by atoms with E-state index in [1.165, 1.54) is 36.2 Å². The summed E-state index contributed by atoms with van der Waals surface area (Å²) in [6.07, 6.45) is 4.49. The van der Waals surface area contributed by atoms with Gasteiger partial charge in [-0.15, -0.1) is 0 Å². The van der Waals surface area contributed by atoms with E-state index in [9.17, 15) is 0 Å². The van der Waals surface area contributed by atoms with Crippen molar-refractivity contribution in [2.45, 2.75) is 52.4 Å². The topological polar surface area (TPSA) is 42.3 Å². The van der Waals surface area contributed by atoms with E-state index in [1.54, 1.807) is 7.11 Å². The van der Waals surface area contributed by atoms with Crippen LogP contribution in [0.15, 0.2) is 30.5 Å². The Morgan fingerprint density at radius 1 is 1.36 bits per heavy atom. The van der Waals surface area contributed by atoms with Crippen LogP contribution in [0.1, 0.15) is 36.6 Å². The molecule has 1 aromatic carbocycles. The van der Waals surface area contributed by atoms with E-state index in [0.29, 0.717) is 6.04 Å². The quantitative estimate of drug-likeness (QED) is 0.840. The standard InChI is InChI=1S/C20H30N4O/c1-4-24-16(2)18(13-22-24)12-21-19-8-6-10-23(15-19)14-17-7-5-9-20(11-17)25-3/h5,7,9,11,13,19,21H,4,6,8,10,12,14-15H2,1-3H3/t19-/m1/s1. The smallest absolute Gasteiger partial charge is 0.119 e. The van der Waals surface area contributed by atoms with Gasteiger partial charge in [-0.3, -0.25) is 9.58 Å². The van der Waals surface area contributed by atoms with E-state index >= 15 is 0 Å². The van der Waals surface area contributed by atoms with Crippen LogP contribution in [0.5, 0.6) is 5.75 Å². The van der Waals surface area contributed by atoms with Gasteiger partial charge >= 0.3 is 0 Å². The molecule has 1 atom stereocenters. The lowest BCUT2D eigenvalue weighted by Gasteiger charge is -2.33. The minimum absolute atomic E-state index is 0.545. The van der Waals surface area contributed by atoms with Crippen molar-refractivity contribution in [3.63, 3.8) is 0 Å². The van der Waals surface area contributed by atoms with E-state index in [-0.39, 0.29) is 0 Å². The van der Waals surface area contributed by atoms with Crippen LogP contribution in [0.25, 0.3) is 0 Å². The summed E-state index contributed by atoms with van der Waals surface area (Å²) in [7, 11) is 1.72. The highest BCUT2D eigenvalue weighted by Gasteiger charge is 2.20. The summed E-state index contributed by atoms with van der Waals surface area (Å²) in [5.74, 6) is 0.938. The number of aryl methyl sites for hydroxylation is 1. The normalized spacial score (nSPS) is 18.4. The first-order valence-electron chi connectivity index (χ1n) is 9.29. The van der Waals surface area contributed by atoms with E-state index in [1.807, 2.05) is 12.3 Å². The first-order valence-corrected chi connectivity index (χ1v) is 9.29. The molecule has 25 heavy (non-hydrogen) atoms. The average Bonchev–Trinajstić information content (AvgIpc) is 3.00. The summed E-state index contributed by atoms with van der Waals surface area (Å²) in [4.78, 5) is 2.54. The Kier molecular flexibility index (Phi) is 6.10. The van der Waals surface area contributed by atoms with Crippen molar-refractivity contribution < 1.29 is 4.74 Å². The van der Waals surface area contributed by atoms with Gasteiger partial charge in [0, 0.05) is 43.5 Å². The number of nitrogens with zero attached hydrogens (tertiary/aromatic N) is 3. The largest absolute Gasteiger partial charge is 0.497 e. The molecule has 0 radical (unpaired) electrons. The molecule has 0 aliphatic carbocycles. The number of hydrogen-bond acceptors (Lipinski definition) is 4. The third-order valence-corrected chi connectivity index (χ3v) is 5.13. The molecule has 0 bridgehead atoms. The van der Waals surface area contributed by atoms with Gasteiger partial charge in [0.15, 0.2) is 0 Å². The number of likely N-dealkylation sites (tertiary alicyclic amines) is 1. The van der Waals surface area contributed by atoms with Crippen LogP contribution in [-0.4, -0.2) is 40.9 Å². The molecule has 5 nitrogen and oxygen atoms in total. The average molecular weight is 342 g/mol. The van der Waals surface area contributed by atoms with Crippen LogP contribution in [-0.2, 0) is 19.6 Å². The van der Waals surface area contributed by atoms with Crippen molar-refractivity contribution in [2.75, 3.05) is 20.2 Å². The van der Waals surface area contributed by atoms with Gasteiger partial charge in [0.2, 0.25) is 0 Å². The Labute approximate surface area is 151 Å². The molecule has 0 unspecified atom stereocenters. The van der Waals surface area contributed by atoms with Crippen molar-refractivity contribution in [3.8, 4) is 5.75 Å². The maximum Gasteiger partial charge on any atom is 0.119 e. The molecule has 1 aliphatic heterocycles. The predicted molar refractivity (Wildman–Crippen MR) is 101 cm³/mol. The lowest BCUT2D eigenvalue weighted by atomic mass is 10.0. The van der Waals surface area contributed by atoms with Gasteiger partial charge in [-0.05, 0) is 50.9 Å². The Morgan fingerprint density at radius 3 is 3.00 bits per heavy atom. The molecule has 0 amide bonds. The van der Waals surface area contributed by atoms with E-state index in [0.717, 1.165) is 31.9 Å². The highest BCUT2D eigenvalue weighted by molar-refractivity contribution is 5.28. The van der Waals surface area contributed by atoms with E-state index in [2.05, 4.69) is 52.0 Å². The summed E-state index contributed by atoms with van der Waals surface area (Å²) < 4.78 is 7.40.